The van der Waals surface area contributed by atoms with Crippen LogP contribution in [0.1, 0.15) is 34.9 Å². The van der Waals surface area contributed by atoms with Crippen molar-refractivity contribution >= 4 is 28.8 Å². The van der Waals surface area contributed by atoms with Crippen LogP contribution in [0, 0.1) is 20.8 Å². The Balaban J connectivity index is 1.80. The highest BCUT2D eigenvalue weighted by molar-refractivity contribution is 6.53. The van der Waals surface area contributed by atoms with Crippen molar-refractivity contribution in [2.45, 2.75) is 34.1 Å². The van der Waals surface area contributed by atoms with E-state index in [1.807, 2.05) is 58.0 Å². The molecule has 7 nitrogen and oxygen atoms in total. The average molecular weight is 479 g/mol. The zero-order valence-corrected chi connectivity index (χ0v) is 20.6. The summed E-state index contributed by atoms with van der Waals surface area (Å²) in [5, 5.41) is 18.3. The van der Waals surface area contributed by atoms with Crippen LogP contribution in [-0.2, 0) is 16.0 Å². The summed E-state index contributed by atoms with van der Waals surface area (Å²) in [6, 6.07) is 18.3. The van der Waals surface area contributed by atoms with Crippen LogP contribution in [0.15, 0.2) is 73.1 Å². The molecule has 0 atom stereocenters. The summed E-state index contributed by atoms with van der Waals surface area (Å²) in [6.07, 6.45) is 4.01. The van der Waals surface area contributed by atoms with E-state index < -0.39 is 17.7 Å². The van der Waals surface area contributed by atoms with Crippen LogP contribution >= 0.6 is 0 Å². The molecule has 1 aliphatic rings. The van der Waals surface area contributed by atoms with Crippen molar-refractivity contribution < 1.29 is 19.3 Å². The number of hydrogen-bond acceptors (Lipinski definition) is 4. The van der Waals surface area contributed by atoms with Gasteiger partial charge in [0.15, 0.2) is 12.4 Å². The fraction of sp³-hybridized carbons (Fsp3) is 0.172. The molecule has 180 valence electrons. The van der Waals surface area contributed by atoms with Crippen LogP contribution in [0.2, 0.25) is 0 Å². The topological polar surface area (TPSA) is 82.1 Å². The molecule has 4 aromatic rings. The van der Waals surface area contributed by atoms with Crippen molar-refractivity contribution in [2.24, 2.45) is 0 Å². The van der Waals surface area contributed by atoms with Gasteiger partial charge in [0.05, 0.1) is 17.1 Å². The molecule has 0 saturated heterocycles. The number of carbonyl (C=O) groups excluding carboxylic acids is 2. The summed E-state index contributed by atoms with van der Waals surface area (Å²) in [5.41, 5.74) is 4.67. The first-order valence-electron chi connectivity index (χ1n) is 11.8. The Morgan fingerprint density at radius 2 is 1.50 bits per heavy atom. The quantitative estimate of drug-likeness (QED) is 0.324. The molecule has 0 unspecified atom stereocenters. The van der Waals surface area contributed by atoms with Gasteiger partial charge in [0.2, 0.25) is 0 Å². The minimum absolute atomic E-state index is 0.0699. The third kappa shape index (κ3) is 3.79. The van der Waals surface area contributed by atoms with Crippen LogP contribution in [0.5, 0.6) is 5.88 Å². The minimum Gasteiger partial charge on any atom is -0.858 e. The highest BCUT2D eigenvalue weighted by atomic mass is 16.3. The molecule has 2 aromatic heterocycles. The van der Waals surface area contributed by atoms with Crippen molar-refractivity contribution in [3.05, 3.63) is 101 Å². The Hall–Kier alpha value is -4.52. The summed E-state index contributed by atoms with van der Waals surface area (Å²) in [4.78, 5) is 29.1. The number of nitrogens with zero attached hydrogens (tertiary/aromatic N) is 4. The number of amides is 2. The Kier molecular flexibility index (Phi) is 5.76. The zero-order valence-electron chi connectivity index (χ0n) is 20.6. The first-order chi connectivity index (χ1) is 17.3. The smallest absolute Gasteiger partial charge is 0.331 e. The molecular formula is C29H26N4O3. The van der Waals surface area contributed by atoms with Gasteiger partial charge in [-0.1, -0.05) is 37.3 Å². The van der Waals surface area contributed by atoms with Gasteiger partial charge in [-0.25, -0.2) is 9.58 Å². The lowest BCUT2D eigenvalue weighted by molar-refractivity contribution is -0.577. The van der Waals surface area contributed by atoms with Gasteiger partial charge in [0.1, 0.15) is 5.57 Å². The first kappa shape index (κ1) is 23.2. The predicted molar refractivity (Wildman–Crippen MR) is 135 cm³/mol. The summed E-state index contributed by atoms with van der Waals surface area (Å²) < 4.78 is 2.97. The molecule has 0 radical (unpaired) electrons. The molecule has 7 heteroatoms. The summed E-state index contributed by atoms with van der Waals surface area (Å²) in [5.74, 6) is -1.45. The van der Waals surface area contributed by atoms with Gasteiger partial charge in [-0.3, -0.25) is 9.59 Å². The molecule has 0 spiro atoms. The van der Waals surface area contributed by atoms with E-state index in [4.69, 9.17) is 0 Å². The van der Waals surface area contributed by atoms with Crippen molar-refractivity contribution in [1.29, 1.82) is 0 Å². The van der Waals surface area contributed by atoms with Gasteiger partial charge in [-0.05, 0) is 69.0 Å². The van der Waals surface area contributed by atoms with Crippen molar-refractivity contribution in [1.82, 2.24) is 9.78 Å². The molecule has 36 heavy (non-hydrogen) atoms. The van der Waals surface area contributed by atoms with Gasteiger partial charge in [0, 0.05) is 16.7 Å². The molecule has 0 fully saturated rings. The van der Waals surface area contributed by atoms with Crippen LogP contribution in [0.25, 0.3) is 17.0 Å². The second kappa shape index (κ2) is 8.92. The fourth-order valence-corrected chi connectivity index (χ4v) is 4.71. The van der Waals surface area contributed by atoms with E-state index in [9.17, 15) is 14.7 Å². The lowest BCUT2D eigenvalue weighted by Crippen LogP contribution is -2.40. The summed E-state index contributed by atoms with van der Waals surface area (Å²) >= 11 is 0. The van der Waals surface area contributed by atoms with Gasteiger partial charge < -0.3 is 5.11 Å². The number of anilines is 1. The van der Waals surface area contributed by atoms with Crippen molar-refractivity contribution in [2.75, 3.05) is 4.90 Å². The monoisotopic (exact) mass is 478 g/mol. The number of aromatic nitrogens is 3. The third-order valence-corrected chi connectivity index (χ3v) is 6.22. The standard InChI is InChI=1S/C29H26N4O3/c1-5-23-24(28(35)33(30-23)21-11-7-6-8-12-21)25-26(31-16-19(3)14-20(4)17-31)29(36)32(27(25)34)22-13-9-10-18(2)15-22/h6-17H,5H2,1-4H3. The van der Waals surface area contributed by atoms with Crippen LogP contribution in [0.4, 0.5) is 5.69 Å². The molecule has 5 rings (SSSR count). The molecule has 0 N–H and O–H groups in total. The highest BCUT2D eigenvalue weighted by Gasteiger charge is 2.47. The minimum atomic E-state index is -0.535. The number of imide groups is 1. The highest BCUT2D eigenvalue weighted by Crippen LogP contribution is 2.39. The Morgan fingerprint density at radius 1 is 0.833 bits per heavy atom. The van der Waals surface area contributed by atoms with Gasteiger partial charge in [0.25, 0.3) is 11.6 Å². The predicted octanol–water partition coefficient (Wildman–Crippen LogP) is 3.66. The number of benzene rings is 2. The van der Waals surface area contributed by atoms with Crippen molar-refractivity contribution in [3.8, 4) is 11.6 Å². The molecule has 2 aromatic carbocycles. The van der Waals surface area contributed by atoms with Gasteiger partial charge in [-0.2, -0.15) is 9.67 Å². The first-order valence-corrected chi connectivity index (χ1v) is 11.8. The number of pyridine rings is 1. The van der Waals surface area contributed by atoms with Crippen LogP contribution in [0.3, 0.4) is 0 Å². The van der Waals surface area contributed by atoms with E-state index in [-0.39, 0.29) is 16.8 Å². The molecular weight excluding hydrogens is 452 g/mol. The zero-order chi connectivity index (χ0) is 25.6. The van der Waals surface area contributed by atoms with E-state index in [1.54, 1.807) is 47.3 Å². The normalized spacial score (nSPS) is 13.7. The van der Waals surface area contributed by atoms with Crippen LogP contribution in [-0.4, -0.2) is 21.6 Å². The van der Waals surface area contributed by atoms with E-state index in [2.05, 4.69) is 5.10 Å². The second-order valence-electron chi connectivity index (χ2n) is 9.03. The molecule has 0 saturated carbocycles. The number of hydrogen-bond donors (Lipinski definition) is 0. The fourth-order valence-electron chi connectivity index (χ4n) is 4.71. The summed E-state index contributed by atoms with van der Waals surface area (Å²) in [6.45, 7) is 7.63. The molecule has 0 aliphatic carbocycles. The van der Waals surface area contributed by atoms with E-state index in [1.165, 1.54) is 4.68 Å². The summed E-state index contributed by atoms with van der Waals surface area (Å²) in [7, 11) is 0. The number of para-hydroxylation sites is 1. The maximum absolute atomic E-state index is 14.0. The van der Waals surface area contributed by atoms with Gasteiger partial charge >= 0.3 is 5.91 Å². The molecule has 0 bridgehead atoms. The molecule has 1 aliphatic heterocycles. The van der Waals surface area contributed by atoms with E-state index >= 15 is 0 Å². The SMILES string of the molecule is CCc1nn(-c2ccccc2)c([O-])c1C1=C([n+]2cc(C)cc(C)c2)C(=O)N(c2cccc(C)c2)C1=O. The Bertz CT molecular complexity index is 1530. The van der Waals surface area contributed by atoms with Crippen molar-refractivity contribution in [3.63, 3.8) is 0 Å². The van der Waals surface area contributed by atoms with E-state index in [0.29, 0.717) is 23.5 Å². The lowest BCUT2D eigenvalue weighted by atomic mass is 10.0. The van der Waals surface area contributed by atoms with Crippen LogP contribution < -0.4 is 14.6 Å². The maximum Gasteiger partial charge on any atom is 0.331 e. The molecule has 3 heterocycles. The Labute approximate surface area is 209 Å². The Morgan fingerprint density at radius 3 is 2.14 bits per heavy atom. The maximum atomic E-state index is 14.0. The number of rotatable bonds is 5. The lowest BCUT2D eigenvalue weighted by Gasteiger charge is -2.16. The average Bonchev–Trinajstić information content (AvgIpc) is 3.31. The largest absolute Gasteiger partial charge is 0.858 e. The number of carbonyl (C=O) groups is 2. The molecule has 2 amide bonds. The number of aryl methyl sites for hydroxylation is 4. The third-order valence-electron chi connectivity index (χ3n) is 6.22. The van der Waals surface area contributed by atoms with E-state index in [0.717, 1.165) is 21.6 Å². The second-order valence-corrected chi connectivity index (χ2v) is 9.03. The van der Waals surface area contributed by atoms with Gasteiger partial charge in [-0.15, -0.1) is 0 Å².